The molecule has 0 aromatic heterocycles. The fourth-order valence-corrected chi connectivity index (χ4v) is 2.22. The van der Waals surface area contributed by atoms with Crippen LogP contribution in [0, 0.1) is 11.3 Å². The lowest BCUT2D eigenvalue weighted by Gasteiger charge is -2.16. The molecule has 0 unspecified atom stereocenters. The molecule has 0 saturated heterocycles. The van der Waals surface area contributed by atoms with Gasteiger partial charge in [0.25, 0.3) is 0 Å². The summed E-state index contributed by atoms with van der Waals surface area (Å²) < 4.78 is 4.68. The summed E-state index contributed by atoms with van der Waals surface area (Å²) in [6.07, 6.45) is 0.254. The van der Waals surface area contributed by atoms with E-state index in [9.17, 15) is 4.79 Å². The van der Waals surface area contributed by atoms with Gasteiger partial charge in [0.2, 0.25) is 0 Å². The van der Waals surface area contributed by atoms with Crippen molar-refractivity contribution in [3.63, 3.8) is 0 Å². The van der Waals surface area contributed by atoms with Crippen LogP contribution in [0.3, 0.4) is 0 Å². The number of carbonyl (C=O) groups excluding carboxylic acids is 1. The summed E-state index contributed by atoms with van der Waals surface area (Å²) >= 11 is 0. The third-order valence-corrected chi connectivity index (χ3v) is 3.40. The summed E-state index contributed by atoms with van der Waals surface area (Å²) in [4.78, 5) is 11.3. The van der Waals surface area contributed by atoms with Crippen LogP contribution in [0.5, 0.6) is 0 Å². The number of carbonyl (C=O) groups is 1. The van der Waals surface area contributed by atoms with E-state index in [1.54, 1.807) is 6.07 Å². The quantitative estimate of drug-likeness (QED) is 0.858. The number of esters is 1. The first kappa shape index (κ1) is 15.6. The van der Waals surface area contributed by atoms with Crippen molar-refractivity contribution in [2.45, 2.75) is 19.4 Å². The van der Waals surface area contributed by atoms with E-state index in [1.165, 1.54) is 7.11 Å². The average molecular weight is 294 g/mol. The van der Waals surface area contributed by atoms with Crippen molar-refractivity contribution < 1.29 is 9.53 Å². The molecule has 0 saturated carbocycles. The minimum atomic E-state index is -0.257. The van der Waals surface area contributed by atoms with Gasteiger partial charge in [0, 0.05) is 11.7 Å². The number of anilines is 1. The molecule has 2 aromatic carbocycles. The van der Waals surface area contributed by atoms with Crippen molar-refractivity contribution in [3.8, 4) is 6.07 Å². The Morgan fingerprint density at radius 3 is 2.77 bits per heavy atom. The Morgan fingerprint density at radius 2 is 2.05 bits per heavy atom. The van der Waals surface area contributed by atoms with Crippen molar-refractivity contribution >= 4 is 11.7 Å². The molecule has 0 radical (unpaired) electrons. The van der Waals surface area contributed by atoms with E-state index < -0.39 is 0 Å². The minimum absolute atomic E-state index is 0.0571. The van der Waals surface area contributed by atoms with E-state index in [0.29, 0.717) is 5.56 Å². The molecule has 0 amide bonds. The van der Waals surface area contributed by atoms with E-state index in [0.717, 1.165) is 16.8 Å². The first-order valence-corrected chi connectivity index (χ1v) is 7.04. The van der Waals surface area contributed by atoms with Crippen LogP contribution >= 0.6 is 0 Å². The van der Waals surface area contributed by atoms with Crippen molar-refractivity contribution in [1.82, 2.24) is 0 Å². The second-order valence-electron chi connectivity index (χ2n) is 5.06. The Labute approximate surface area is 130 Å². The molecule has 0 aliphatic heterocycles. The topological polar surface area (TPSA) is 62.1 Å². The van der Waals surface area contributed by atoms with Crippen molar-refractivity contribution in [2.24, 2.45) is 0 Å². The fourth-order valence-electron chi connectivity index (χ4n) is 2.22. The molecule has 112 valence electrons. The second-order valence-corrected chi connectivity index (χ2v) is 5.06. The van der Waals surface area contributed by atoms with E-state index in [2.05, 4.69) is 16.1 Å². The molecule has 0 aliphatic carbocycles. The maximum absolute atomic E-state index is 11.3. The third-order valence-electron chi connectivity index (χ3n) is 3.40. The molecule has 4 heteroatoms. The zero-order valence-corrected chi connectivity index (χ0v) is 12.7. The van der Waals surface area contributed by atoms with Gasteiger partial charge in [-0.05, 0) is 42.3 Å². The monoisotopic (exact) mass is 294 g/mol. The Bertz CT molecular complexity index is 704. The maximum atomic E-state index is 11.3. The number of methoxy groups -OCH3 is 1. The lowest BCUT2D eigenvalue weighted by atomic mass is 10.0. The predicted molar refractivity (Wildman–Crippen MR) is 85.4 cm³/mol. The molecule has 0 fully saturated rings. The lowest BCUT2D eigenvalue weighted by molar-refractivity contribution is -0.139. The highest BCUT2D eigenvalue weighted by atomic mass is 16.5. The zero-order chi connectivity index (χ0) is 15.9. The maximum Gasteiger partial charge on any atom is 0.309 e. The van der Waals surface area contributed by atoms with Gasteiger partial charge in [-0.15, -0.1) is 0 Å². The van der Waals surface area contributed by atoms with Gasteiger partial charge in [0.1, 0.15) is 0 Å². The Kier molecular flexibility index (Phi) is 5.16. The number of hydrogen-bond acceptors (Lipinski definition) is 4. The van der Waals surface area contributed by atoms with E-state index >= 15 is 0 Å². The molecule has 1 N–H and O–H groups in total. The number of rotatable bonds is 5. The highest BCUT2D eigenvalue weighted by Crippen LogP contribution is 2.21. The molecule has 0 spiro atoms. The number of hydrogen-bond donors (Lipinski definition) is 1. The minimum Gasteiger partial charge on any atom is -0.469 e. The molecule has 22 heavy (non-hydrogen) atoms. The van der Waals surface area contributed by atoms with Gasteiger partial charge in [-0.3, -0.25) is 4.79 Å². The van der Waals surface area contributed by atoms with Crippen molar-refractivity contribution in [1.29, 1.82) is 5.26 Å². The van der Waals surface area contributed by atoms with Crippen LogP contribution in [0.2, 0.25) is 0 Å². The number of nitrogens with one attached hydrogen (secondary N) is 1. The summed E-state index contributed by atoms with van der Waals surface area (Å²) in [6.45, 7) is 2.03. The van der Waals surface area contributed by atoms with E-state index in [4.69, 9.17) is 5.26 Å². The van der Waals surface area contributed by atoms with Crippen LogP contribution in [0.15, 0.2) is 48.5 Å². The smallest absolute Gasteiger partial charge is 0.309 e. The number of ether oxygens (including phenoxy) is 1. The fraction of sp³-hybridized carbons (Fsp3) is 0.222. The van der Waals surface area contributed by atoms with Gasteiger partial charge in [0.05, 0.1) is 25.2 Å². The Morgan fingerprint density at radius 1 is 1.27 bits per heavy atom. The van der Waals surface area contributed by atoms with Crippen LogP contribution in [-0.4, -0.2) is 13.1 Å². The van der Waals surface area contributed by atoms with Gasteiger partial charge < -0.3 is 10.1 Å². The molecule has 4 nitrogen and oxygen atoms in total. The van der Waals surface area contributed by atoms with Gasteiger partial charge in [-0.1, -0.05) is 24.3 Å². The summed E-state index contributed by atoms with van der Waals surface area (Å²) in [6, 6.07) is 17.4. The van der Waals surface area contributed by atoms with Gasteiger partial charge in [-0.2, -0.15) is 5.26 Å². The van der Waals surface area contributed by atoms with Crippen LogP contribution in [0.1, 0.15) is 29.7 Å². The highest BCUT2D eigenvalue weighted by Gasteiger charge is 2.08. The zero-order valence-electron chi connectivity index (χ0n) is 12.7. The predicted octanol–water partition coefficient (Wildman–Crippen LogP) is 3.45. The number of benzene rings is 2. The molecule has 0 heterocycles. The van der Waals surface area contributed by atoms with E-state index in [-0.39, 0.29) is 18.4 Å². The third kappa shape index (κ3) is 4.10. The first-order valence-electron chi connectivity index (χ1n) is 7.04. The van der Waals surface area contributed by atoms with Crippen LogP contribution in [0.4, 0.5) is 5.69 Å². The molecular weight excluding hydrogens is 276 g/mol. The van der Waals surface area contributed by atoms with Crippen LogP contribution in [0.25, 0.3) is 0 Å². The lowest BCUT2D eigenvalue weighted by Crippen LogP contribution is -2.08. The standard InChI is InChI=1S/C18H18N2O2/c1-13(16-7-3-6-15(9-16)12-19)20-17-8-4-5-14(10-17)11-18(21)22-2/h3-10,13,20H,11H2,1-2H3/t13-/m0/s1. The molecule has 1 atom stereocenters. The summed E-state index contributed by atoms with van der Waals surface area (Å²) in [5, 5.41) is 12.3. The number of nitriles is 1. The van der Waals surface area contributed by atoms with Crippen molar-refractivity contribution in [3.05, 3.63) is 65.2 Å². The average Bonchev–Trinajstić information content (AvgIpc) is 2.55. The molecule has 0 aliphatic rings. The summed E-state index contributed by atoms with van der Waals surface area (Å²) in [5.41, 5.74) is 3.51. The van der Waals surface area contributed by atoms with Crippen LogP contribution < -0.4 is 5.32 Å². The SMILES string of the molecule is COC(=O)Cc1cccc(N[C@@H](C)c2cccc(C#N)c2)c1. The van der Waals surface area contributed by atoms with Gasteiger partial charge in [0.15, 0.2) is 0 Å². The first-order chi connectivity index (χ1) is 10.6. The van der Waals surface area contributed by atoms with E-state index in [1.807, 2.05) is 49.4 Å². The molecular formula is C18H18N2O2. The molecule has 2 rings (SSSR count). The molecule has 0 bridgehead atoms. The summed E-state index contributed by atoms with van der Waals surface area (Å²) in [7, 11) is 1.38. The van der Waals surface area contributed by atoms with Gasteiger partial charge in [-0.25, -0.2) is 0 Å². The van der Waals surface area contributed by atoms with Gasteiger partial charge >= 0.3 is 5.97 Å². The normalized spacial score (nSPS) is 11.3. The second kappa shape index (κ2) is 7.28. The van der Waals surface area contributed by atoms with Crippen LogP contribution in [-0.2, 0) is 16.0 Å². The van der Waals surface area contributed by atoms with Crippen molar-refractivity contribution in [2.75, 3.05) is 12.4 Å². The molecule has 2 aromatic rings. The largest absolute Gasteiger partial charge is 0.469 e. The Hall–Kier alpha value is -2.80. The highest BCUT2D eigenvalue weighted by molar-refractivity contribution is 5.72. The Balaban J connectivity index is 2.11. The number of nitrogens with zero attached hydrogens (tertiary/aromatic N) is 1. The summed E-state index contributed by atoms with van der Waals surface area (Å²) in [5.74, 6) is -0.257.